The van der Waals surface area contributed by atoms with E-state index in [1.165, 1.54) is 30.6 Å². The number of amides is 3. The molecule has 9 nitrogen and oxygen atoms in total. The van der Waals surface area contributed by atoms with Gasteiger partial charge in [0.05, 0.1) is 0 Å². The predicted molar refractivity (Wildman–Crippen MR) is 163 cm³/mol. The molecule has 0 aliphatic carbocycles. The highest BCUT2D eigenvalue weighted by molar-refractivity contribution is 8.00. The fourth-order valence-corrected chi connectivity index (χ4v) is 7.76. The summed E-state index contributed by atoms with van der Waals surface area (Å²) in [5.74, 6) is 1.41. The second-order valence-electron chi connectivity index (χ2n) is 11.5. The van der Waals surface area contributed by atoms with Gasteiger partial charge in [-0.1, -0.05) is 42.2 Å². The Morgan fingerprint density at radius 3 is 2.18 bits per heavy atom. The first-order valence-corrected chi connectivity index (χ1v) is 16.8. The number of nitrogens with one attached hydrogen (secondary N) is 1. The lowest BCUT2D eigenvalue weighted by molar-refractivity contribution is -0.124. The van der Waals surface area contributed by atoms with Gasteiger partial charge in [0.1, 0.15) is 11.4 Å². The molecular formula is C29H50N6O3S. The number of aliphatic imine (C=N–C) groups is 1. The molecule has 39 heavy (non-hydrogen) atoms. The number of carbonyl (C=O) groups is 2. The molecule has 1 spiro atoms. The van der Waals surface area contributed by atoms with Gasteiger partial charge in [-0.25, -0.2) is 9.10 Å². The Balaban J connectivity index is 1.50. The van der Waals surface area contributed by atoms with Crippen LogP contribution in [0.15, 0.2) is 17.1 Å². The average Bonchev–Trinajstić information content (AvgIpc) is 3.18. The van der Waals surface area contributed by atoms with Gasteiger partial charge in [0.2, 0.25) is 0 Å². The van der Waals surface area contributed by atoms with Crippen LogP contribution in [0.2, 0.25) is 0 Å². The first kappa shape index (κ1) is 31.2. The van der Waals surface area contributed by atoms with E-state index < -0.39 is 21.7 Å². The van der Waals surface area contributed by atoms with Crippen LogP contribution in [0.1, 0.15) is 80.9 Å². The quantitative estimate of drug-likeness (QED) is 0.204. The van der Waals surface area contributed by atoms with Crippen molar-refractivity contribution >= 4 is 33.6 Å². The van der Waals surface area contributed by atoms with Gasteiger partial charge in [0, 0.05) is 44.3 Å². The van der Waals surface area contributed by atoms with E-state index in [-0.39, 0.29) is 5.91 Å². The smallest absolute Gasteiger partial charge is 0.318 e. The number of nitrogens with two attached hydrogens (primary N) is 2. The first-order valence-electron chi connectivity index (χ1n) is 14.5. The predicted octanol–water partition coefficient (Wildman–Crippen LogP) is 3.36. The van der Waals surface area contributed by atoms with E-state index in [1.54, 1.807) is 7.05 Å². The minimum absolute atomic E-state index is 0.0112. The lowest BCUT2D eigenvalue weighted by Crippen LogP contribution is -2.52. The van der Waals surface area contributed by atoms with Gasteiger partial charge in [-0.15, -0.1) is 0 Å². The number of anilines is 1. The van der Waals surface area contributed by atoms with Crippen molar-refractivity contribution in [2.75, 3.05) is 43.6 Å². The summed E-state index contributed by atoms with van der Waals surface area (Å²) in [4.78, 5) is 30.8. The molecule has 0 aromatic heterocycles. The van der Waals surface area contributed by atoms with Gasteiger partial charge >= 0.3 is 6.03 Å². The third-order valence-corrected chi connectivity index (χ3v) is 11.1. The number of rotatable bonds is 14. The zero-order valence-electron chi connectivity index (χ0n) is 24.4. The highest BCUT2D eigenvalue weighted by Gasteiger charge is 2.46. The van der Waals surface area contributed by atoms with Gasteiger partial charge < -0.3 is 16.8 Å². The highest BCUT2D eigenvalue weighted by atomic mass is 32.3. The number of primary amides is 1. The number of thiol groups is 1. The van der Waals surface area contributed by atoms with Crippen molar-refractivity contribution in [1.29, 1.82) is 0 Å². The molecule has 220 valence electrons. The second-order valence-corrected chi connectivity index (χ2v) is 14.6. The lowest BCUT2D eigenvalue weighted by atomic mass is 9.89. The number of benzene rings is 1. The summed E-state index contributed by atoms with van der Waals surface area (Å²) < 4.78 is 15.9. The number of hydrogen-bond acceptors (Lipinski definition) is 5. The zero-order valence-corrected chi connectivity index (χ0v) is 25.3. The van der Waals surface area contributed by atoms with E-state index in [0.717, 1.165) is 60.4 Å². The molecule has 2 aliphatic heterocycles. The third-order valence-electron chi connectivity index (χ3n) is 8.49. The van der Waals surface area contributed by atoms with Crippen molar-refractivity contribution in [3.63, 3.8) is 0 Å². The Bertz CT molecular complexity index is 1070. The minimum Gasteiger partial charge on any atom is -0.351 e. The van der Waals surface area contributed by atoms with Crippen LogP contribution in [0.5, 0.6) is 0 Å². The van der Waals surface area contributed by atoms with Crippen molar-refractivity contribution in [3.05, 3.63) is 28.8 Å². The van der Waals surface area contributed by atoms with E-state index in [2.05, 4.69) is 9.62 Å². The van der Waals surface area contributed by atoms with Crippen molar-refractivity contribution in [2.24, 2.45) is 16.5 Å². The van der Waals surface area contributed by atoms with Crippen LogP contribution in [0.4, 0.5) is 10.5 Å². The maximum Gasteiger partial charge on any atom is 0.318 e. The molecule has 0 bridgehead atoms. The zero-order chi connectivity index (χ0) is 28.6. The SMILES string of the molecule is Cc1cc(N(C)C(N)=O)cc(C)c1CC[SH](C)(=O)N1CCC2(CC1)N=C(CCCCCCCCCN)NC2=O. The molecule has 1 aromatic carbocycles. The molecule has 1 fully saturated rings. The van der Waals surface area contributed by atoms with Crippen molar-refractivity contribution in [3.8, 4) is 0 Å². The summed E-state index contributed by atoms with van der Waals surface area (Å²) in [6, 6.07) is 3.41. The van der Waals surface area contributed by atoms with Crippen LogP contribution >= 0.6 is 0 Å². The van der Waals surface area contributed by atoms with Crippen LogP contribution in [0.3, 0.4) is 0 Å². The number of piperidine rings is 1. The summed E-state index contributed by atoms with van der Waals surface area (Å²) in [5.41, 5.74) is 14.3. The van der Waals surface area contributed by atoms with E-state index in [4.69, 9.17) is 16.5 Å². The maximum absolute atomic E-state index is 13.8. The Labute approximate surface area is 235 Å². The summed E-state index contributed by atoms with van der Waals surface area (Å²) >= 11 is 0. The van der Waals surface area contributed by atoms with E-state index in [9.17, 15) is 13.8 Å². The number of aryl methyl sites for hydroxylation is 2. The summed E-state index contributed by atoms with van der Waals surface area (Å²) in [7, 11) is -0.929. The van der Waals surface area contributed by atoms with Crippen LogP contribution in [0, 0.1) is 13.8 Å². The van der Waals surface area contributed by atoms with Gasteiger partial charge in [-0.2, -0.15) is 0 Å². The number of nitrogens with zero attached hydrogens (tertiary/aromatic N) is 3. The molecular weight excluding hydrogens is 512 g/mol. The molecule has 2 aliphatic rings. The first-order chi connectivity index (χ1) is 18.5. The Morgan fingerprint density at radius 1 is 1.05 bits per heavy atom. The van der Waals surface area contributed by atoms with E-state index in [0.29, 0.717) is 38.1 Å². The normalized spacial score (nSPS) is 17.8. The molecule has 0 radical (unpaired) electrons. The Kier molecular flexibility index (Phi) is 11.1. The minimum atomic E-state index is -2.59. The molecule has 3 amide bonds. The van der Waals surface area contributed by atoms with Gasteiger partial charge in [-0.05, 0) is 81.3 Å². The molecule has 1 saturated heterocycles. The van der Waals surface area contributed by atoms with Crippen molar-refractivity contribution < 1.29 is 13.8 Å². The molecule has 0 atom stereocenters. The molecule has 10 heteroatoms. The Morgan fingerprint density at radius 2 is 1.62 bits per heavy atom. The van der Waals surface area contributed by atoms with E-state index >= 15 is 0 Å². The molecule has 0 saturated carbocycles. The molecule has 1 aromatic rings. The van der Waals surface area contributed by atoms with Crippen LogP contribution in [-0.2, 0) is 21.3 Å². The molecule has 0 unspecified atom stereocenters. The van der Waals surface area contributed by atoms with Crippen LogP contribution < -0.4 is 21.7 Å². The Hall–Kier alpha value is -2.30. The second kappa shape index (κ2) is 13.9. The number of hydrogen-bond donors (Lipinski definition) is 4. The number of unbranched alkanes of at least 4 members (excludes halogenated alkanes) is 6. The molecule has 5 N–H and O–H groups in total. The number of amidine groups is 1. The van der Waals surface area contributed by atoms with Gasteiger partial charge in [0.15, 0.2) is 0 Å². The van der Waals surface area contributed by atoms with Crippen LogP contribution in [0.25, 0.3) is 0 Å². The summed E-state index contributed by atoms with van der Waals surface area (Å²) in [5, 5.41) is 3.04. The average molecular weight is 563 g/mol. The van der Waals surface area contributed by atoms with Gasteiger partial charge in [-0.3, -0.25) is 18.9 Å². The highest BCUT2D eigenvalue weighted by Crippen LogP contribution is 2.33. The lowest BCUT2D eigenvalue weighted by Gasteiger charge is -2.41. The number of urea groups is 1. The third kappa shape index (κ3) is 8.11. The molecule has 2 heterocycles. The summed E-state index contributed by atoms with van der Waals surface area (Å²) in [6.45, 7) is 6.04. The van der Waals surface area contributed by atoms with Crippen molar-refractivity contribution in [1.82, 2.24) is 9.62 Å². The van der Waals surface area contributed by atoms with Crippen LogP contribution in [-0.4, -0.2) is 70.5 Å². The maximum atomic E-state index is 13.8. The number of carbonyl (C=O) groups excluding carboxylic acids is 2. The fraction of sp³-hybridized carbons (Fsp3) is 0.690. The van der Waals surface area contributed by atoms with E-state index in [1.807, 2.05) is 32.2 Å². The molecule has 3 rings (SSSR count). The van der Waals surface area contributed by atoms with Crippen molar-refractivity contribution in [2.45, 2.75) is 90.0 Å². The summed E-state index contributed by atoms with van der Waals surface area (Å²) in [6.07, 6.45) is 12.8. The standard InChI is InChI=1S/C29H50N6O3S/c1-22-20-24(34(3)28(31)37)21-23(2)25(22)13-19-39(4,38)35-17-14-29(15-18-35)27(36)32-26(33-29)12-10-8-6-5-7-9-11-16-30/h20-21,39H,5-19,30H2,1-4H3,(H2,31,37)(H,32,33,36). The monoisotopic (exact) mass is 562 g/mol. The largest absolute Gasteiger partial charge is 0.351 e. The van der Waals surface area contributed by atoms with Gasteiger partial charge in [0.25, 0.3) is 5.91 Å². The fourth-order valence-electron chi connectivity index (χ4n) is 5.80. The topological polar surface area (TPSA) is 134 Å².